The Morgan fingerprint density at radius 1 is 1.14 bits per heavy atom. The highest BCUT2D eigenvalue weighted by molar-refractivity contribution is 6.74. The molecule has 0 aliphatic rings. The van der Waals surface area contributed by atoms with Crippen LogP contribution in [0.25, 0.3) is 0 Å². The number of carbonyl (C=O) groups excluding carboxylic acids is 1. The maximum atomic E-state index is 11.0. The summed E-state index contributed by atoms with van der Waals surface area (Å²) in [4.78, 5) is 15.3. The smallest absolute Gasteiger partial charge is 0.212 e. The van der Waals surface area contributed by atoms with Crippen molar-refractivity contribution in [3.05, 3.63) is 30.1 Å². The molecule has 1 radical (unpaired) electrons. The van der Waals surface area contributed by atoms with Crippen molar-refractivity contribution >= 4 is 13.0 Å². The van der Waals surface area contributed by atoms with Gasteiger partial charge in [-0.25, -0.2) is 0 Å². The van der Waals surface area contributed by atoms with Crippen molar-refractivity contribution in [2.45, 2.75) is 60.7 Å². The van der Waals surface area contributed by atoms with Gasteiger partial charge in [0.15, 0.2) is 0 Å². The lowest BCUT2D eigenvalue weighted by atomic mass is 9.56. The molecule has 0 N–H and O–H groups in total. The number of hydrogen-bond acceptors (Lipinski definition) is 2. The topological polar surface area (TPSA) is 30.0 Å². The van der Waals surface area contributed by atoms with Gasteiger partial charge < -0.3 is 4.79 Å². The number of carbonyl (C=O) groups is 1. The maximum Gasteiger partial charge on any atom is 0.212 e. The van der Waals surface area contributed by atoms with Gasteiger partial charge in [-0.3, -0.25) is 4.98 Å². The molecule has 0 bridgehead atoms. The second kappa shape index (κ2) is 10.6. The third-order valence-corrected chi connectivity index (χ3v) is 3.94. The minimum atomic E-state index is 0.106. The summed E-state index contributed by atoms with van der Waals surface area (Å²) < 4.78 is 0. The molecule has 1 aromatic heterocycles. The second-order valence-corrected chi connectivity index (χ2v) is 6.43. The van der Waals surface area contributed by atoms with Crippen molar-refractivity contribution in [1.82, 2.24) is 4.98 Å². The summed E-state index contributed by atoms with van der Waals surface area (Å²) in [6, 6.07) is 5.80. The molecule has 1 heterocycles. The van der Waals surface area contributed by atoms with Crippen LogP contribution < -0.4 is 0 Å². The van der Waals surface area contributed by atoms with Gasteiger partial charge in [0, 0.05) is 11.9 Å². The Kier molecular flexibility index (Phi) is 10.0. The maximum absolute atomic E-state index is 11.0. The number of rotatable bonds is 6. The first kappa shape index (κ1) is 19.9. The third-order valence-electron chi connectivity index (χ3n) is 3.94. The number of aromatic nitrogens is 1. The average molecular weight is 288 g/mol. The average Bonchev–Trinajstić information content (AvgIpc) is 2.44. The zero-order valence-electron chi connectivity index (χ0n) is 14.8. The fourth-order valence-corrected chi connectivity index (χ4v) is 1.92. The summed E-state index contributed by atoms with van der Waals surface area (Å²) in [6.07, 6.45) is 3.08. The van der Waals surface area contributed by atoms with Crippen LogP contribution in [-0.2, 0) is 4.79 Å². The highest BCUT2D eigenvalue weighted by Crippen LogP contribution is 2.20. The highest BCUT2D eigenvalue weighted by atomic mass is 16.1. The standard InChI is InChI=1S/C11H15BNO.C7H16/c1-8(2)11(12-9(3)14)10-6-4-5-7-13-10;1-5-7(4)6(2)3/h4-8,11H,1-3H3;6-7H,5H2,1-4H3. The summed E-state index contributed by atoms with van der Waals surface area (Å²) >= 11 is 0. The molecule has 0 saturated heterocycles. The number of hydrogen-bond donors (Lipinski definition) is 0. The molecule has 1 aromatic rings. The molecule has 0 aliphatic heterocycles. The Balaban J connectivity index is 0.000000486. The van der Waals surface area contributed by atoms with Crippen LogP contribution in [0.5, 0.6) is 0 Å². The van der Waals surface area contributed by atoms with Crippen LogP contribution in [0.3, 0.4) is 0 Å². The van der Waals surface area contributed by atoms with Crippen molar-refractivity contribution in [3.63, 3.8) is 0 Å². The predicted molar refractivity (Wildman–Crippen MR) is 92.5 cm³/mol. The fourth-order valence-electron chi connectivity index (χ4n) is 1.92. The van der Waals surface area contributed by atoms with Crippen molar-refractivity contribution in [2.75, 3.05) is 0 Å². The van der Waals surface area contributed by atoms with Gasteiger partial charge in [0.05, 0.1) is 5.68 Å². The van der Waals surface area contributed by atoms with E-state index in [-0.39, 0.29) is 11.5 Å². The first-order valence-corrected chi connectivity index (χ1v) is 8.05. The molecule has 0 fully saturated rings. The van der Waals surface area contributed by atoms with E-state index < -0.39 is 0 Å². The molecule has 0 aliphatic carbocycles. The van der Waals surface area contributed by atoms with Gasteiger partial charge in [0.1, 0.15) is 0 Å². The van der Waals surface area contributed by atoms with Crippen LogP contribution in [0, 0.1) is 17.8 Å². The van der Waals surface area contributed by atoms with Gasteiger partial charge >= 0.3 is 0 Å². The quantitative estimate of drug-likeness (QED) is 0.709. The van der Waals surface area contributed by atoms with Gasteiger partial charge in [-0.15, -0.1) is 0 Å². The minimum absolute atomic E-state index is 0.106. The fraction of sp³-hybridized carbons (Fsp3) is 0.667. The molecule has 0 spiro atoms. The molecule has 2 atom stereocenters. The van der Waals surface area contributed by atoms with E-state index in [9.17, 15) is 4.79 Å². The summed E-state index contributed by atoms with van der Waals surface area (Å²) in [5.41, 5.74) is 1.08. The van der Waals surface area contributed by atoms with Crippen LogP contribution in [0.15, 0.2) is 24.4 Å². The van der Waals surface area contributed by atoms with E-state index in [0.717, 1.165) is 17.5 Å². The summed E-state index contributed by atoms with van der Waals surface area (Å²) in [5, 5.41) is 0. The lowest BCUT2D eigenvalue weighted by Crippen LogP contribution is -2.21. The van der Waals surface area contributed by atoms with E-state index in [4.69, 9.17) is 0 Å². The Morgan fingerprint density at radius 2 is 1.76 bits per heavy atom. The second-order valence-electron chi connectivity index (χ2n) is 6.43. The molecule has 0 aromatic carbocycles. The van der Waals surface area contributed by atoms with Gasteiger partial charge in [-0.1, -0.05) is 54.0 Å². The van der Waals surface area contributed by atoms with Crippen LogP contribution in [0.2, 0.25) is 0 Å². The van der Waals surface area contributed by atoms with Crippen LogP contribution in [-0.4, -0.2) is 17.9 Å². The molecule has 117 valence electrons. The lowest BCUT2D eigenvalue weighted by molar-refractivity contribution is -0.110. The van der Waals surface area contributed by atoms with E-state index in [1.165, 1.54) is 6.42 Å². The summed E-state index contributed by atoms with van der Waals surface area (Å²) in [6.45, 7) is 14.9. The Bertz CT molecular complexity index is 389. The van der Waals surface area contributed by atoms with Crippen molar-refractivity contribution in [1.29, 1.82) is 0 Å². The van der Waals surface area contributed by atoms with E-state index in [1.54, 1.807) is 20.4 Å². The molecule has 0 amide bonds. The van der Waals surface area contributed by atoms with Gasteiger partial charge in [-0.05, 0) is 42.6 Å². The zero-order valence-corrected chi connectivity index (χ0v) is 14.8. The largest absolute Gasteiger partial charge is 0.312 e. The zero-order chi connectivity index (χ0) is 16.4. The summed E-state index contributed by atoms with van der Waals surface area (Å²) in [5.74, 6) is 2.30. The minimum Gasteiger partial charge on any atom is -0.312 e. The van der Waals surface area contributed by atoms with Crippen molar-refractivity contribution < 1.29 is 4.79 Å². The Labute approximate surface area is 132 Å². The molecular formula is C18H31BNO. The first-order valence-electron chi connectivity index (χ1n) is 8.05. The SMILES string of the molecule is CC(=O)[B]C(c1ccccn1)C(C)C.CCC(C)C(C)C. The Hall–Kier alpha value is -1.12. The highest BCUT2D eigenvalue weighted by Gasteiger charge is 2.20. The first-order chi connectivity index (χ1) is 9.79. The predicted octanol–water partition coefficient (Wildman–Crippen LogP) is 4.72. The van der Waals surface area contributed by atoms with Gasteiger partial charge in [0.25, 0.3) is 0 Å². The monoisotopic (exact) mass is 288 g/mol. The molecular weight excluding hydrogens is 257 g/mol. The molecule has 2 unspecified atom stereocenters. The van der Waals surface area contributed by atoms with E-state index in [2.05, 4.69) is 46.5 Å². The summed E-state index contributed by atoms with van der Waals surface area (Å²) in [7, 11) is 1.74. The number of pyridine rings is 1. The van der Waals surface area contributed by atoms with E-state index >= 15 is 0 Å². The molecule has 0 saturated carbocycles. The van der Waals surface area contributed by atoms with Gasteiger partial charge in [-0.2, -0.15) is 0 Å². The lowest BCUT2D eigenvalue weighted by Gasteiger charge is -2.17. The van der Waals surface area contributed by atoms with Gasteiger partial charge in [0.2, 0.25) is 7.28 Å². The van der Waals surface area contributed by atoms with E-state index in [1.807, 2.05) is 18.2 Å². The molecule has 1 rings (SSSR count). The van der Waals surface area contributed by atoms with E-state index in [0.29, 0.717) is 5.92 Å². The van der Waals surface area contributed by atoms with Crippen LogP contribution in [0.4, 0.5) is 0 Å². The molecule has 21 heavy (non-hydrogen) atoms. The normalized spacial score (nSPS) is 13.4. The molecule has 2 nitrogen and oxygen atoms in total. The number of nitrogens with zero attached hydrogens (tertiary/aromatic N) is 1. The van der Waals surface area contributed by atoms with Crippen molar-refractivity contribution in [2.24, 2.45) is 17.8 Å². The Morgan fingerprint density at radius 3 is 2.05 bits per heavy atom. The third kappa shape index (κ3) is 8.69. The van der Waals surface area contributed by atoms with Crippen LogP contribution in [0.1, 0.15) is 66.4 Å². The molecule has 3 heteroatoms. The van der Waals surface area contributed by atoms with Crippen LogP contribution >= 0.6 is 0 Å². The van der Waals surface area contributed by atoms with Crippen molar-refractivity contribution in [3.8, 4) is 0 Å².